The van der Waals surface area contributed by atoms with Crippen LogP contribution in [0, 0.1) is 20.8 Å². The molecule has 1 amide bonds. The summed E-state index contributed by atoms with van der Waals surface area (Å²) in [6.07, 6.45) is 0. The van der Waals surface area contributed by atoms with E-state index in [2.05, 4.69) is 20.5 Å². The maximum Gasteiger partial charge on any atom is 0.230 e. The fraction of sp³-hybridized carbons (Fsp3) is 0.429. The zero-order chi connectivity index (χ0) is 16.1. The minimum absolute atomic E-state index is 0.0557. The van der Waals surface area contributed by atoms with Crippen molar-refractivity contribution < 1.29 is 9.53 Å². The Kier molecular flexibility index (Phi) is 5.73. The number of carbonyl (C=O) groups excluding carboxylic acids is 1. The van der Waals surface area contributed by atoms with Gasteiger partial charge in [-0.1, -0.05) is 23.1 Å². The first-order valence-corrected chi connectivity index (χ1v) is 8.50. The van der Waals surface area contributed by atoms with Crippen LogP contribution in [0.4, 0.5) is 0 Å². The van der Waals surface area contributed by atoms with Crippen molar-refractivity contribution in [2.75, 3.05) is 12.9 Å². The Hall–Kier alpha value is -1.67. The minimum Gasteiger partial charge on any atom is -0.481 e. The Balaban J connectivity index is 1.91. The molecule has 1 N–H and O–H groups in total. The summed E-state index contributed by atoms with van der Waals surface area (Å²) >= 11 is 2.87. The van der Waals surface area contributed by atoms with Gasteiger partial charge in [-0.3, -0.25) is 4.79 Å². The third-order valence-electron chi connectivity index (χ3n) is 2.93. The number of thioether (sulfide) groups is 1. The topological polar surface area (TPSA) is 77.0 Å². The highest BCUT2D eigenvalue weighted by molar-refractivity contribution is 8.01. The van der Waals surface area contributed by atoms with E-state index < -0.39 is 0 Å². The summed E-state index contributed by atoms with van der Waals surface area (Å²) in [4.78, 5) is 16.3. The van der Waals surface area contributed by atoms with Crippen molar-refractivity contribution in [3.8, 4) is 5.88 Å². The van der Waals surface area contributed by atoms with Crippen molar-refractivity contribution >= 4 is 29.0 Å². The van der Waals surface area contributed by atoms with Gasteiger partial charge < -0.3 is 10.1 Å². The molecule has 0 radical (unpaired) electrons. The highest BCUT2D eigenvalue weighted by Gasteiger charge is 2.12. The van der Waals surface area contributed by atoms with Crippen molar-refractivity contribution in [1.82, 2.24) is 20.5 Å². The van der Waals surface area contributed by atoms with E-state index in [0.717, 1.165) is 26.2 Å². The van der Waals surface area contributed by atoms with Gasteiger partial charge in [0.25, 0.3) is 0 Å². The molecule has 0 spiro atoms. The summed E-state index contributed by atoms with van der Waals surface area (Å²) in [5, 5.41) is 11.7. The number of aryl methyl sites for hydroxylation is 3. The first-order valence-electron chi connectivity index (χ1n) is 6.70. The van der Waals surface area contributed by atoms with Crippen LogP contribution in [-0.2, 0) is 11.3 Å². The second-order valence-corrected chi connectivity index (χ2v) is 7.12. The quantitative estimate of drug-likeness (QED) is 0.814. The molecule has 0 bridgehead atoms. The maximum absolute atomic E-state index is 11.9. The van der Waals surface area contributed by atoms with Gasteiger partial charge in [-0.05, 0) is 32.4 Å². The molecule has 0 aromatic carbocycles. The van der Waals surface area contributed by atoms with E-state index in [1.165, 1.54) is 23.1 Å². The number of methoxy groups -OCH3 is 1. The zero-order valence-corrected chi connectivity index (χ0v) is 14.6. The second-order valence-electron chi connectivity index (χ2n) is 4.72. The molecule has 8 heteroatoms. The van der Waals surface area contributed by atoms with Gasteiger partial charge in [0.2, 0.25) is 11.8 Å². The Morgan fingerprint density at radius 3 is 2.77 bits per heavy atom. The Morgan fingerprint density at radius 1 is 1.36 bits per heavy atom. The minimum atomic E-state index is -0.0557. The molecule has 0 aliphatic carbocycles. The highest BCUT2D eigenvalue weighted by Crippen LogP contribution is 2.22. The van der Waals surface area contributed by atoms with Gasteiger partial charge in [0.15, 0.2) is 4.34 Å². The van der Waals surface area contributed by atoms with Crippen molar-refractivity contribution in [3.05, 3.63) is 27.9 Å². The number of rotatable bonds is 6. The third-order valence-corrected chi connectivity index (χ3v) is 4.90. The standard InChI is InChI=1S/C14H18N4O2S2/c1-8-5-9(2)16-13(20-4)11(8)6-15-12(19)7-21-14-18-17-10(3)22-14/h5H,6-7H2,1-4H3,(H,15,19). The largest absolute Gasteiger partial charge is 0.481 e. The van der Waals surface area contributed by atoms with Gasteiger partial charge in [-0.25, -0.2) is 4.98 Å². The van der Waals surface area contributed by atoms with E-state index in [1.54, 1.807) is 7.11 Å². The Labute approximate surface area is 137 Å². The van der Waals surface area contributed by atoms with Crippen LogP contribution in [0.1, 0.15) is 21.8 Å². The van der Waals surface area contributed by atoms with Gasteiger partial charge in [0.05, 0.1) is 12.9 Å². The number of aromatic nitrogens is 3. The van der Waals surface area contributed by atoms with E-state index >= 15 is 0 Å². The molecule has 0 atom stereocenters. The van der Waals surface area contributed by atoms with Crippen LogP contribution in [0.2, 0.25) is 0 Å². The normalized spacial score (nSPS) is 10.5. The fourth-order valence-electron chi connectivity index (χ4n) is 1.91. The maximum atomic E-state index is 11.9. The summed E-state index contributed by atoms with van der Waals surface area (Å²) in [5.41, 5.74) is 2.85. The molecule has 0 saturated heterocycles. The van der Waals surface area contributed by atoms with Crippen LogP contribution < -0.4 is 10.1 Å². The van der Waals surface area contributed by atoms with Crippen LogP contribution in [0.3, 0.4) is 0 Å². The molecule has 2 heterocycles. The average molecular weight is 338 g/mol. The number of pyridine rings is 1. The number of hydrogen-bond donors (Lipinski definition) is 1. The predicted molar refractivity (Wildman–Crippen MR) is 87.5 cm³/mol. The van der Waals surface area contributed by atoms with Crippen LogP contribution in [0.5, 0.6) is 5.88 Å². The molecular formula is C14H18N4O2S2. The highest BCUT2D eigenvalue weighted by atomic mass is 32.2. The van der Waals surface area contributed by atoms with E-state index in [1.807, 2.05) is 26.8 Å². The number of nitrogens with zero attached hydrogens (tertiary/aromatic N) is 3. The van der Waals surface area contributed by atoms with Crippen LogP contribution in [0.25, 0.3) is 0 Å². The molecule has 118 valence electrons. The first-order chi connectivity index (χ1) is 10.5. The predicted octanol–water partition coefficient (Wildman–Crippen LogP) is 2.28. The number of amides is 1. The van der Waals surface area contributed by atoms with Crippen LogP contribution in [-0.4, -0.2) is 34.0 Å². The Bertz CT molecular complexity index is 673. The summed E-state index contributed by atoms with van der Waals surface area (Å²) in [7, 11) is 1.58. The molecule has 0 saturated carbocycles. The zero-order valence-electron chi connectivity index (χ0n) is 13.0. The van der Waals surface area contributed by atoms with Gasteiger partial charge in [0, 0.05) is 17.8 Å². The summed E-state index contributed by atoms with van der Waals surface area (Å²) in [6.45, 7) is 6.19. The summed E-state index contributed by atoms with van der Waals surface area (Å²) in [6, 6.07) is 1.97. The molecule has 0 aliphatic rings. The van der Waals surface area contributed by atoms with E-state index in [-0.39, 0.29) is 5.91 Å². The summed E-state index contributed by atoms with van der Waals surface area (Å²) in [5.74, 6) is 0.819. The number of hydrogen-bond acceptors (Lipinski definition) is 7. The molecule has 0 fully saturated rings. The molecule has 0 unspecified atom stereocenters. The lowest BCUT2D eigenvalue weighted by Crippen LogP contribution is -2.25. The lowest BCUT2D eigenvalue weighted by molar-refractivity contribution is -0.118. The SMILES string of the molecule is COc1nc(C)cc(C)c1CNC(=O)CSc1nnc(C)s1. The van der Waals surface area contributed by atoms with E-state index in [4.69, 9.17) is 4.74 Å². The Morgan fingerprint density at radius 2 is 2.14 bits per heavy atom. The molecule has 2 rings (SSSR count). The van der Waals surface area contributed by atoms with Crippen molar-refractivity contribution in [2.24, 2.45) is 0 Å². The molecule has 2 aromatic rings. The van der Waals surface area contributed by atoms with Gasteiger partial charge in [0.1, 0.15) is 5.01 Å². The van der Waals surface area contributed by atoms with E-state index in [0.29, 0.717) is 18.2 Å². The molecule has 22 heavy (non-hydrogen) atoms. The first kappa shape index (κ1) is 16.7. The van der Waals surface area contributed by atoms with Gasteiger partial charge >= 0.3 is 0 Å². The second kappa shape index (κ2) is 7.55. The fourth-order valence-corrected chi connectivity index (χ4v) is 3.56. The van der Waals surface area contributed by atoms with Crippen molar-refractivity contribution in [2.45, 2.75) is 31.7 Å². The van der Waals surface area contributed by atoms with Crippen molar-refractivity contribution in [1.29, 1.82) is 0 Å². The van der Waals surface area contributed by atoms with E-state index in [9.17, 15) is 4.79 Å². The third kappa shape index (κ3) is 4.41. The smallest absolute Gasteiger partial charge is 0.230 e. The number of ether oxygens (including phenoxy) is 1. The van der Waals surface area contributed by atoms with Gasteiger partial charge in [-0.15, -0.1) is 10.2 Å². The lowest BCUT2D eigenvalue weighted by Gasteiger charge is -2.12. The molecule has 6 nitrogen and oxygen atoms in total. The number of carbonyl (C=O) groups is 1. The van der Waals surface area contributed by atoms with Crippen LogP contribution in [0.15, 0.2) is 10.4 Å². The monoisotopic (exact) mass is 338 g/mol. The van der Waals surface area contributed by atoms with Gasteiger partial charge in [-0.2, -0.15) is 0 Å². The average Bonchev–Trinajstić information content (AvgIpc) is 2.89. The van der Waals surface area contributed by atoms with Crippen molar-refractivity contribution in [3.63, 3.8) is 0 Å². The molecule has 0 aliphatic heterocycles. The lowest BCUT2D eigenvalue weighted by atomic mass is 10.1. The summed E-state index contributed by atoms with van der Waals surface area (Å²) < 4.78 is 6.09. The molecular weight excluding hydrogens is 320 g/mol. The molecule has 2 aromatic heterocycles. The number of nitrogens with one attached hydrogen (secondary N) is 1. The van der Waals surface area contributed by atoms with Crippen LogP contribution >= 0.6 is 23.1 Å².